The maximum absolute atomic E-state index is 14.2. The number of hydrogen-bond donors (Lipinski definition) is 2. The fraction of sp³-hybridized carbons (Fsp3) is 0.613. The van der Waals surface area contributed by atoms with Crippen molar-refractivity contribution in [2.75, 3.05) is 62.7 Å². The van der Waals surface area contributed by atoms with E-state index in [0.29, 0.717) is 42.9 Å². The van der Waals surface area contributed by atoms with Crippen molar-refractivity contribution >= 4 is 23.2 Å². The van der Waals surface area contributed by atoms with Crippen LogP contribution < -0.4 is 20.9 Å². The molecule has 5 rings (SSSR count). The van der Waals surface area contributed by atoms with E-state index in [0.717, 1.165) is 83.1 Å². The van der Waals surface area contributed by atoms with Crippen molar-refractivity contribution in [3.63, 3.8) is 0 Å². The van der Waals surface area contributed by atoms with Crippen molar-refractivity contribution in [2.24, 2.45) is 17.1 Å². The SMILES string of the molecule is C=CCC1CC[C@@]2(CCCC(C(=O)c3nc(N4CCN(C)CC4)cc(N4CCCNC[C@@H]4C=C)n3)=C2N)C(=O)C1. The zero-order valence-electron chi connectivity index (χ0n) is 24.0. The highest BCUT2D eigenvalue weighted by Crippen LogP contribution is 2.49. The number of anilines is 2. The Balaban J connectivity index is 1.52. The van der Waals surface area contributed by atoms with Gasteiger partial charge in [0.25, 0.3) is 0 Å². The Bertz CT molecular complexity index is 1170. The van der Waals surface area contributed by atoms with Gasteiger partial charge < -0.3 is 25.8 Å². The molecule has 216 valence electrons. The Hall–Kier alpha value is -3.04. The highest BCUT2D eigenvalue weighted by molar-refractivity contribution is 6.08. The molecule has 0 amide bonds. The van der Waals surface area contributed by atoms with Crippen molar-refractivity contribution < 1.29 is 9.59 Å². The largest absolute Gasteiger partial charge is 0.401 e. The molecule has 1 unspecified atom stereocenters. The van der Waals surface area contributed by atoms with Crippen LogP contribution in [0, 0.1) is 11.3 Å². The van der Waals surface area contributed by atoms with Gasteiger partial charge in [0.05, 0.1) is 11.5 Å². The molecular formula is C31H45N7O2. The zero-order chi connectivity index (χ0) is 28.3. The van der Waals surface area contributed by atoms with E-state index in [1.807, 2.05) is 18.2 Å². The third-order valence-corrected chi connectivity index (χ3v) is 9.43. The summed E-state index contributed by atoms with van der Waals surface area (Å²) in [5.74, 6) is 1.94. The van der Waals surface area contributed by atoms with Gasteiger partial charge in [0, 0.05) is 63.0 Å². The lowest BCUT2D eigenvalue weighted by molar-refractivity contribution is -0.131. The van der Waals surface area contributed by atoms with Crippen LogP contribution in [-0.4, -0.2) is 85.3 Å². The molecule has 9 heteroatoms. The molecule has 1 aromatic heterocycles. The lowest BCUT2D eigenvalue weighted by atomic mass is 9.61. The van der Waals surface area contributed by atoms with Gasteiger partial charge in [-0.15, -0.1) is 13.2 Å². The smallest absolute Gasteiger partial charge is 0.228 e. The molecule has 1 aromatic rings. The number of nitrogens with two attached hydrogens (primary N) is 1. The molecule has 0 radical (unpaired) electrons. The van der Waals surface area contributed by atoms with E-state index in [1.165, 1.54) is 0 Å². The summed E-state index contributed by atoms with van der Waals surface area (Å²) in [7, 11) is 2.12. The number of piperazine rings is 1. The molecule has 3 N–H and O–H groups in total. The molecule has 0 bridgehead atoms. The van der Waals surface area contributed by atoms with Crippen molar-refractivity contribution in [3.8, 4) is 0 Å². The molecule has 2 saturated heterocycles. The Morgan fingerprint density at radius 2 is 1.93 bits per heavy atom. The number of Topliss-reactive ketones (excluding diaryl/α,β-unsaturated/α-hetero) is 2. The molecule has 40 heavy (non-hydrogen) atoms. The number of allylic oxidation sites excluding steroid dienone is 3. The number of hydrogen-bond acceptors (Lipinski definition) is 9. The minimum atomic E-state index is -0.733. The van der Waals surface area contributed by atoms with Gasteiger partial charge >= 0.3 is 0 Å². The summed E-state index contributed by atoms with van der Waals surface area (Å²) in [6.45, 7) is 14.0. The summed E-state index contributed by atoms with van der Waals surface area (Å²) in [5.41, 5.74) is 7.05. The minimum absolute atomic E-state index is 0.0614. The first-order valence-corrected chi connectivity index (χ1v) is 15.0. The first-order valence-electron chi connectivity index (χ1n) is 15.0. The zero-order valence-corrected chi connectivity index (χ0v) is 24.0. The van der Waals surface area contributed by atoms with Gasteiger partial charge in [-0.3, -0.25) is 9.59 Å². The number of carbonyl (C=O) groups is 2. The van der Waals surface area contributed by atoms with Crippen LogP contribution in [-0.2, 0) is 4.79 Å². The van der Waals surface area contributed by atoms with E-state index in [2.05, 4.69) is 40.2 Å². The number of nitrogens with one attached hydrogen (secondary N) is 1. The van der Waals surface area contributed by atoms with E-state index in [-0.39, 0.29) is 23.4 Å². The Kier molecular flexibility index (Phi) is 8.71. The van der Waals surface area contributed by atoms with Crippen molar-refractivity contribution in [3.05, 3.63) is 48.5 Å². The highest BCUT2D eigenvalue weighted by atomic mass is 16.1. The van der Waals surface area contributed by atoms with Crippen molar-refractivity contribution in [1.29, 1.82) is 0 Å². The van der Waals surface area contributed by atoms with Gasteiger partial charge in [0.15, 0.2) is 0 Å². The molecule has 2 aliphatic carbocycles. The van der Waals surface area contributed by atoms with Crippen LogP contribution in [0.25, 0.3) is 0 Å². The number of carbonyl (C=O) groups excluding carboxylic acids is 2. The number of likely N-dealkylation sites (N-methyl/N-ethyl adjacent to an activating group) is 1. The summed E-state index contributed by atoms with van der Waals surface area (Å²) in [5, 5.41) is 3.47. The Morgan fingerprint density at radius 1 is 1.15 bits per heavy atom. The second kappa shape index (κ2) is 12.2. The van der Waals surface area contributed by atoms with E-state index in [9.17, 15) is 9.59 Å². The van der Waals surface area contributed by atoms with E-state index >= 15 is 0 Å². The van der Waals surface area contributed by atoms with Gasteiger partial charge in [-0.25, -0.2) is 9.97 Å². The van der Waals surface area contributed by atoms with Gasteiger partial charge in [-0.2, -0.15) is 0 Å². The van der Waals surface area contributed by atoms with Gasteiger partial charge in [0.1, 0.15) is 17.4 Å². The lowest BCUT2D eigenvalue weighted by Gasteiger charge is -2.42. The van der Waals surface area contributed by atoms with Crippen LogP contribution in [0.1, 0.15) is 62.0 Å². The standard InChI is InChI=1S/C31H45N7O2/c1-4-8-22-10-12-31(25(39)19-22)11-6-9-24(29(31)32)28(40)30-34-26(37-17-15-36(3)16-18-37)20-27(35-30)38-14-7-13-33-21-23(38)5-2/h4-5,20,22-23,33H,1-2,6-19,21,32H2,3H3/t22?,23-,31-/m0/s1. The summed E-state index contributed by atoms with van der Waals surface area (Å²) >= 11 is 0. The van der Waals surface area contributed by atoms with Crippen molar-refractivity contribution in [2.45, 2.75) is 57.4 Å². The average Bonchev–Trinajstić information content (AvgIpc) is 3.22. The Morgan fingerprint density at radius 3 is 2.65 bits per heavy atom. The molecule has 4 aliphatic rings. The molecule has 3 heterocycles. The number of ketones is 2. The summed E-state index contributed by atoms with van der Waals surface area (Å²) in [6, 6.07) is 2.08. The third kappa shape index (κ3) is 5.59. The predicted octanol–water partition coefficient (Wildman–Crippen LogP) is 3.09. The summed E-state index contributed by atoms with van der Waals surface area (Å²) in [4.78, 5) is 44.2. The number of aromatic nitrogens is 2. The van der Waals surface area contributed by atoms with Crippen LogP contribution >= 0.6 is 0 Å². The lowest BCUT2D eigenvalue weighted by Crippen LogP contribution is -2.45. The molecule has 1 spiro atoms. The fourth-order valence-electron chi connectivity index (χ4n) is 6.90. The Labute approximate surface area is 238 Å². The second-order valence-electron chi connectivity index (χ2n) is 12.0. The molecule has 1 saturated carbocycles. The fourth-order valence-corrected chi connectivity index (χ4v) is 6.90. The van der Waals surface area contributed by atoms with Gasteiger partial charge in [-0.05, 0) is 64.5 Å². The van der Waals surface area contributed by atoms with Crippen LogP contribution in [0.3, 0.4) is 0 Å². The average molecular weight is 548 g/mol. The van der Waals surface area contributed by atoms with Crippen LogP contribution in [0.2, 0.25) is 0 Å². The molecule has 3 fully saturated rings. The molecular weight excluding hydrogens is 502 g/mol. The quantitative estimate of drug-likeness (QED) is 0.393. The minimum Gasteiger partial charge on any atom is -0.401 e. The first-order chi connectivity index (χ1) is 19.4. The maximum Gasteiger partial charge on any atom is 0.228 e. The number of nitrogens with zero attached hydrogens (tertiary/aromatic N) is 5. The highest BCUT2D eigenvalue weighted by Gasteiger charge is 2.47. The van der Waals surface area contributed by atoms with Crippen molar-refractivity contribution in [1.82, 2.24) is 20.2 Å². The normalized spacial score (nSPS) is 28.5. The second-order valence-corrected chi connectivity index (χ2v) is 12.0. The van der Waals surface area contributed by atoms with E-state index in [4.69, 9.17) is 15.7 Å². The van der Waals surface area contributed by atoms with Gasteiger partial charge in [-0.1, -0.05) is 12.2 Å². The van der Waals surface area contributed by atoms with E-state index in [1.54, 1.807) is 0 Å². The molecule has 2 aliphatic heterocycles. The topological polar surface area (TPSA) is 108 Å². The number of rotatable bonds is 7. The molecule has 0 aromatic carbocycles. The van der Waals surface area contributed by atoms with Crippen LogP contribution in [0.5, 0.6) is 0 Å². The maximum atomic E-state index is 14.2. The van der Waals surface area contributed by atoms with Crippen LogP contribution in [0.15, 0.2) is 42.6 Å². The third-order valence-electron chi connectivity index (χ3n) is 9.43. The predicted molar refractivity (Wildman–Crippen MR) is 160 cm³/mol. The molecule has 3 atom stereocenters. The van der Waals surface area contributed by atoms with Gasteiger partial charge in [0.2, 0.25) is 11.6 Å². The monoisotopic (exact) mass is 547 g/mol. The summed E-state index contributed by atoms with van der Waals surface area (Å²) in [6.07, 6.45) is 9.79. The van der Waals surface area contributed by atoms with E-state index < -0.39 is 5.41 Å². The summed E-state index contributed by atoms with van der Waals surface area (Å²) < 4.78 is 0. The molecule has 9 nitrogen and oxygen atoms in total. The van der Waals surface area contributed by atoms with Crippen LogP contribution in [0.4, 0.5) is 11.6 Å². The first kappa shape index (κ1) is 28.5.